The van der Waals surface area contributed by atoms with E-state index < -0.39 is 57.8 Å². The van der Waals surface area contributed by atoms with Gasteiger partial charge < -0.3 is 24.2 Å². The number of phosphoric ester groups is 1. The number of allylic oxidation sites excluding steroid dienone is 10. The zero-order valence-electron chi connectivity index (χ0n) is 46.1. The molecule has 2 N–H and O–H groups in total. The lowest BCUT2D eigenvalue weighted by Gasteiger charge is -2.21. The molecule has 0 aromatic rings. The molecule has 3 unspecified atom stereocenters. The van der Waals surface area contributed by atoms with Gasteiger partial charge in [0, 0.05) is 19.3 Å². The fraction of sp³-hybridized carbons (Fsp3) is 0.783. The average molecular weight is 1040 g/mol. The third-order valence-electron chi connectivity index (χ3n) is 12.4. The standard InChI is InChI=1S/C60H107O11P/c1-4-7-10-13-16-19-22-25-28-31-34-37-40-43-46-49-58(62)67-53-57(71-60(64)51-48-45-42-39-36-33-30-27-24-21-18-15-12-9-6-3)55-69-72(65,66)68-54-56(52-61)70-59(63)50-47-44-41-38-35-32-29-26-23-20-17-14-11-8-5-2/h7,10,16,18-19,21,25,27-28,30,56-57,61H,4-6,8-9,11-15,17,20,22-24,26,29,31-55H2,1-3H3,(H,65,66)/b10-7-,19-16-,21-18-,28-25-,30-27-. The second kappa shape index (κ2) is 54.4. The van der Waals surface area contributed by atoms with Gasteiger partial charge in [0.1, 0.15) is 12.7 Å². The molecule has 418 valence electrons. The summed E-state index contributed by atoms with van der Waals surface area (Å²) in [6, 6.07) is 0. The first kappa shape index (κ1) is 69.2. The van der Waals surface area contributed by atoms with Gasteiger partial charge in [0.15, 0.2) is 6.10 Å². The number of aliphatic hydroxyl groups excluding tert-OH is 1. The molecule has 0 radical (unpaired) electrons. The number of carbonyl (C=O) groups is 3. The van der Waals surface area contributed by atoms with Gasteiger partial charge in [-0.2, -0.15) is 0 Å². The smallest absolute Gasteiger partial charge is 0.462 e. The van der Waals surface area contributed by atoms with Crippen molar-refractivity contribution in [2.24, 2.45) is 0 Å². The Morgan fingerprint density at radius 2 is 0.722 bits per heavy atom. The van der Waals surface area contributed by atoms with Crippen LogP contribution in [0.25, 0.3) is 0 Å². The van der Waals surface area contributed by atoms with Crippen molar-refractivity contribution in [2.45, 2.75) is 277 Å². The number of carbonyl (C=O) groups excluding carboxylic acids is 3. The minimum atomic E-state index is -4.75. The monoisotopic (exact) mass is 1030 g/mol. The van der Waals surface area contributed by atoms with Crippen molar-refractivity contribution in [1.82, 2.24) is 0 Å². The van der Waals surface area contributed by atoms with Gasteiger partial charge >= 0.3 is 25.7 Å². The van der Waals surface area contributed by atoms with Crippen LogP contribution in [0, 0.1) is 0 Å². The van der Waals surface area contributed by atoms with Crippen molar-refractivity contribution in [3.05, 3.63) is 60.8 Å². The predicted octanol–water partition coefficient (Wildman–Crippen LogP) is 17.1. The molecule has 0 aliphatic rings. The highest BCUT2D eigenvalue weighted by atomic mass is 31.2. The zero-order chi connectivity index (χ0) is 52.7. The summed E-state index contributed by atoms with van der Waals surface area (Å²) in [4.78, 5) is 48.5. The molecule has 0 heterocycles. The summed E-state index contributed by atoms with van der Waals surface area (Å²) in [5.41, 5.74) is 0. The van der Waals surface area contributed by atoms with Crippen molar-refractivity contribution in [3.8, 4) is 0 Å². The molecule has 72 heavy (non-hydrogen) atoms. The minimum absolute atomic E-state index is 0.148. The van der Waals surface area contributed by atoms with E-state index >= 15 is 0 Å². The van der Waals surface area contributed by atoms with Crippen LogP contribution >= 0.6 is 7.82 Å². The molecule has 0 aromatic heterocycles. The molecule has 12 heteroatoms. The quantitative estimate of drug-likeness (QED) is 0.0197. The Kier molecular flexibility index (Phi) is 52.3. The maximum Gasteiger partial charge on any atom is 0.472 e. The van der Waals surface area contributed by atoms with Gasteiger partial charge in [-0.15, -0.1) is 0 Å². The Bertz CT molecular complexity index is 1440. The van der Waals surface area contributed by atoms with E-state index in [1.165, 1.54) is 89.9 Å². The lowest BCUT2D eigenvalue weighted by atomic mass is 10.0. The second-order valence-corrected chi connectivity index (χ2v) is 20.9. The van der Waals surface area contributed by atoms with Crippen molar-refractivity contribution in [3.63, 3.8) is 0 Å². The molecule has 3 atom stereocenters. The van der Waals surface area contributed by atoms with Crippen LogP contribution in [0.4, 0.5) is 0 Å². The van der Waals surface area contributed by atoms with E-state index in [1.54, 1.807) is 0 Å². The molecule has 11 nitrogen and oxygen atoms in total. The Morgan fingerprint density at radius 3 is 1.14 bits per heavy atom. The van der Waals surface area contributed by atoms with Crippen LogP contribution in [0.5, 0.6) is 0 Å². The van der Waals surface area contributed by atoms with Crippen LogP contribution in [0.1, 0.15) is 265 Å². The normalized spacial score (nSPS) is 13.8. The zero-order valence-corrected chi connectivity index (χ0v) is 47.0. The van der Waals surface area contributed by atoms with Crippen LogP contribution < -0.4 is 0 Å². The molecular formula is C60H107O11P. The summed E-state index contributed by atoms with van der Waals surface area (Å²) in [5, 5.41) is 9.82. The van der Waals surface area contributed by atoms with Gasteiger partial charge in [-0.1, -0.05) is 223 Å². The molecule has 0 fully saturated rings. The SMILES string of the molecule is CC/C=C\C/C=C\C/C=C\CCCCCCCC(=O)OCC(COP(=O)(O)OCC(CO)OC(=O)CCCCCCCCCCCCCCCCC)OC(=O)CCCCCCC/C=C\C/C=C\CCCCC. The van der Waals surface area contributed by atoms with E-state index in [9.17, 15) is 28.9 Å². The predicted molar refractivity (Wildman–Crippen MR) is 298 cm³/mol. The molecule has 0 aliphatic carbocycles. The largest absolute Gasteiger partial charge is 0.472 e. The number of hydrogen-bond acceptors (Lipinski definition) is 10. The van der Waals surface area contributed by atoms with E-state index in [1.807, 2.05) is 0 Å². The Morgan fingerprint density at radius 1 is 0.403 bits per heavy atom. The molecule has 0 saturated carbocycles. The fourth-order valence-corrected chi connectivity index (χ4v) is 8.77. The van der Waals surface area contributed by atoms with E-state index in [0.29, 0.717) is 19.3 Å². The van der Waals surface area contributed by atoms with Gasteiger partial charge in [-0.05, 0) is 83.5 Å². The fourth-order valence-electron chi connectivity index (χ4n) is 7.99. The van der Waals surface area contributed by atoms with Crippen LogP contribution in [0.3, 0.4) is 0 Å². The number of ether oxygens (including phenoxy) is 3. The summed E-state index contributed by atoms with van der Waals surface area (Å²) < 4.78 is 39.5. The molecule has 0 amide bonds. The number of unbranched alkanes of at least 4 members (excludes halogenated alkanes) is 27. The second-order valence-electron chi connectivity index (χ2n) is 19.4. The molecule has 0 bridgehead atoms. The molecular weight excluding hydrogens is 928 g/mol. The summed E-state index contributed by atoms with van der Waals surface area (Å²) in [5.74, 6) is -1.49. The van der Waals surface area contributed by atoms with Crippen LogP contribution in [-0.2, 0) is 42.2 Å². The highest BCUT2D eigenvalue weighted by molar-refractivity contribution is 7.47. The number of rotatable bonds is 54. The Hall–Kier alpha value is -2.82. The van der Waals surface area contributed by atoms with E-state index in [4.69, 9.17) is 23.3 Å². The summed E-state index contributed by atoms with van der Waals surface area (Å²) in [7, 11) is -4.75. The Labute approximate surface area is 440 Å². The topological polar surface area (TPSA) is 155 Å². The number of phosphoric acid groups is 1. The summed E-state index contributed by atoms with van der Waals surface area (Å²) >= 11 is 0. The molecule has 0 rings (SSSR count). The van der Waals surface area contributed by atoms with E-state index in [0.717, 1.165) is 116 Å². The van der Waals surface area contributed by atoms with Crippen LogP contribution in [-0.4, -0.2) is 66.5 Å². The van der Waals surface area contributed by atoms with Crippen LogP contribution in [0.2, 0.25) is 0 Å². The van der Waals surface area contributed by atoms with Crippen LogP contribution in [0.15, 0.2) is 60.8 Å². The van der Waals surface area contributed by atoms with E-state index in [-0.39, 0.29) is 25.9 Å². The minimum Gasteiger partial charge on any atom is -0.462 e. The van der Waals surface area contributed by atoms with E-state index in [2.05, 4.69) is 81.5 Å². The molecule has 0 saturated heterocycles. The van der Waals surface area contributed by atoms with Crippen molar-refractivity contribution >= 4 is 25.7 Å². The van der Waals surface area contributed by atoms with Gasteiger partial charge in [-0.3, -0.25) is 23.4 Å². The molecule has 0 aliphatic heterocycles. The number of hydrogen-bond donors (Lipinski definition) is 2. The lowest BCUT2D eigenvalue weighted by molar-refractivity contribution is -0.161. The maximum atomic E-state index is 12.9. The highest BCUT2D eigenvalue weighted by Crippen LogP contribution is 2.43. The number of aliphatic hydroxyl groups is 1. The third kappa shape index (κ3) is 52.1. The first-order valence-electron chi connectivity index (χ1n) is 29.2. The first-order chi connectivity index (χ1) is 35.2. The molecule has 0 spiro atoms. The molecule has 0 aromatic carbocycles. The van der Waals surface area contributed by atoms with Gasteiger partial charge in [0.05, 0.1) is 19.8 Å². The van der Waals surface area contributed by atoms with Crippen molar-refractivity contribution in [1.29, 1.82) is 0 Å². The lowest BCUT2D eigenvalue weighted by Crippen LogP contribution is -2.30. The van der Waals surface area contributed by atoms with Gasteiger partial charge in [0.25, 0.3) is 0 Å². The first-order valence-corrected chi connectivity index (χ1v) is 30.7. The summed E-state index contributed by atoms with van der Waals surface area (Å²) in [6.07, 6.45) is 58.9. The van der Waals surface area contributed by atoms with Gasteiger partial charge in [0.2, 0.25) is 0 Å². The van der Waals surface area contributed by atoms with Crippen molar-refractivity contribution < 1.29 is 52.2 Å². The highest BCUT2D eigenvalue weighted by Gasteiger charge is 2.28. The Balaban J connectivity index is 4.73. The average Bonchev–Trinajstić information content (AvgIpc) is 3.37. The summed E-state index contributed by atoms with van der Waals surface area (Å²) in [6.45, 7) is 4.50. The maximum absolute atomic E-state index is 12.9. The van der Waals surface area contributed by atoms with Crippen molar-refractivity contribution in [2.75, 3.05) is 26.4 Å². The van der Waals surface area contributed by atoms with Gasteiger partial charge in [-0.25, -0.2) is 4.57 Å². The number of esters is 3. The third-order valence-corrected chi connectivity index (χ3v) is 13.4.